The van der Waals surface area contributed by atoms with Crippen molar-refractivity contribution in [2.75, 3.05) is 0 Å². The molecule has 1 aliphatic heterocycles. The maximum absolute atomic E-state index is 13.3. The molecular formula is C24H25N5O. The molecule has 3 heterocycles. The molecule has 0 saturated carbocycles. The molecule has 152 valence electrons. The molecule has 5 rings (SSSR count). The Morgan fingerprint density at radius 2 is 1.73 bits per heavy atom. The Hall–Kier alpha value is -3.25. The van der Waals surface area contributed by atoms with Gasteiger partial charge in [0.25, 0.3) is 5.56 Å². The van der Waals surface area contributed by atoms with Crippen LogP contribution in [-0.2, 0) is 19.6 Å². The van der Waals surface area contributed by atoms with Crippen LogP contribution >= 0.6 is 0 Å². The minimum Gasteiger partial charge on any atom is -0.293 e. The molecule has 1 aliphatic rings. The van der Waals surface area contributed by atoms with E-state index in [-0.39, 0.29) is 17.6 Å². The molecule has 1 unspecified atom stereocenters. The lowest BCUT2D eigenvalue weighted by Crippen LogP contribution is -2.42. The predicted molar refractivity (Wildman–Crippen MR) is 117 cm³/mol. The van der Waals surface area contributed by atoms with Gasteiger partial charge in [0, 0.05) is 19.1 Å². The van der Waals surface area contributed by atoms with E-state index < -0.39 is 0 Å². The van der Waals surface area contributed by atoms with Crippen molar-refractivity contribution in [3.8, 4) is 0 Å². The van der Waals surface area contributed by atoms with Crippen LogP contribution in [0.1, 0.15) is 42.9 Å². The van der Waals surface area contributed by atoms with Crippen LogP contribution < -0.4 is 5.56 Å². The van der Waals surface area contributed by atoms with E-state index in [4.69, 9.17) is 4.98 Å². The zero-order valence-electron chi connectivity index (χ0n) is 17.3. The third-order valence-corrected chi connectivity index (χ3v) is 5.83. The maximum atomic E-state index is 13.3. The number of nitrogens with zero attached hydrogens (tertiary/aromatic N) is 5. The van der Waals surface area contributed by atoms with Crippen molar-refractivity contribution in [2.24, 2.45) is 0 Å². The van der Waals surface area contributed by atoms with Crippen molar-refractivity contribution in [2.45, 2.75) is 45.6 Å². The molecule has 0 saturated heterocycles. The highest BCUT2D eigenvalue weighted by molar-refractivity contribution is 5.73. The van der Waals surface area contributed by atoms with Crippen LogP contribution in [0.25, 0.3) is 11.0 Å². The molecule has 0 amide bonds. The summed E-state index contributed by atoms with van der Waals surface area (Å²) < 4.78 is 3.68. The third-order valence-electron chi connectivity index (χ3n) is 5.83. The Bertz CT molecular complexity index is 1230. The highest BCUT2D eigenvalue weighted by Gasteiger charge is 2.30. The first-order valence-electron chi connectivity index (χ1n) is 10.4. The number of benzene rings is 2. The maximum Gasteiger partial charge on any atom is 0.264 e. The van der Waals surface area contributed by atoms with Crippen molar-refractivity contribution >= 4 is 11.0 Å². The molecule has 0 bridgehead atoms. The summed E-state index contributed by atoms with van der Waals surface area (Å²) in [6, 6.07) is 21.1. The molecule has 6 heteroatoms. The number of hydrogen-bond donors (Lipinski definition) is 0. The number of aromatic nitrogens is 4. The molecular weight excluding hydrogens is 374 g/mol. The first-order chi connectivity index (χ1) is 14.6. The van der Waals surface area contributed by atoms with Gasteiger partial charge < -0.3 is 0 Å². The van der Waals surface area contributed by atoms with Gasteiger partial charge in [0.15, 0.2) is 5.65 Å². The largest absolute Gasteiger partial charge is 0.293 e. The van der Waals surface area contributed by atoms with Gasteiger partial charge in [-0.05, 0) is 25.0 Å². The van der Waals surface area contributed by atoms with Gasteiger partial charge in [-0.2, -0.15) is 5.10 Å². The molecule has 2 aromatic heterocycles. The number of rotatable bonds is 4. The Morgan fingerprint density at radius 3 is 2.43 bits per heavy atom. The van der Waals surface area contributed by atoms with E-state index in [2.05, 4.69) is 72.4 Å². The van der Waals surface area contributed by atoms with E-state index >= 15 is 0 Å². The Morgan fingerprint density at radius 1 is 1.03 bits per heavy atom. The van der Waals surface area contributed by atoms with Gasteiger partial charge >= 0.3 is 0 Å². The molecule has 2 aromatic carbocycles. The van der Waals surface area contributed by atoms with Crippen LogP contribution in [0.2, 0.25) is 0 Å². The quantitative estimate of drug-likeness (QED) is 0.522. The van der Waals surface area contributed by atoms with Crippen molar-refractivity contribution in [3.63, 3.8) is 0 Å². The molecule has 0 aliphatic carbocycles. The minimum atomic E-state index is 0.00203. The van der Waals surface area contributed by atoms with Gasteiger partial charge in [0.2, 0.25) is 0 Å². The topological polar surface area (TPSA) is 56.0 Å². The SMILES string of the molecule is CC(C)n1ncc2c(=O)n3c(nc21)CN(Cc1ccccc1)C(c1ccccc1)C3. The fraction of sp³-hybridized carbons (Fsp3) is 0.292. The normalized spacial score (nSPS) is 16.8. The van der Waals surface area contributed by atoms with E-state index in [0.717, 1.165) is 12.4 Å². The van der Waals surface area contributed by atoms with E-state index in [0.29, 0.717) is 24.1 Å². The van der Waals surface area contributed by atoms with Crippen LogP contribution in [0.15, 0.2) is 71.7 Å². The fourth-order valence-electron chi connectivity index (χ4n) is 4.31. The Labute approximate surface area is 175 Å². The number of hydrogen-bond acceptors (Lipinski definition) is 4. The van der Waals surface area contributed by atoms with E-state index in [9.17, 15) is 4.79 Å². The summed E-state index contributed by atoms with van der Waals surface area (Å²) >= 11 is 0. The standard InChI is InChI=1S/C24H25N5O/c1-17(2)29-23-20(13-25-29)24(30)28-15-21(19-11-7-4-8-12-19)27(16-22(28)26-23)14-18-9-5-3-6-10-18/h3-13,17,21H,14-16H2,1-2H3. The summed E-state index contributed by atoms with van der Waals surface area (Å²) in [6.45, 7) is 6.11. The molecule has 6 nitrogen and oxygen atoms in total. The molecule has 0 fully saturated rings. The summed E-state index contributed by atoms with van der Waals surface area (Å²) in [7, 11) is 0. The summed E-state index contributed by atoms with van der Waals surface area (Å²) in [4.78, 5) is 20.6. The average Bonchev–Trinajstić information content (AvgIpc) is 3.19. The zero-order chi connectivity index (χ0) is 20.7. The second-order valence-corrected chi connectivity index (χ2v) is 8.18. The van der Waals surface area contributed by atoms with Gasteiger partial charge in [0.05, 0.1) is 18.8 Å². The van der Waals surface area contributed by atoms with Crippen molar-refractivity contribution in [1.29, 1.82) is 0 Å². The average molecular weight is 399 g/mol. The smallest absolute Gasteiger partial charge is 0.264 e. The lowest BCUT2D eigenvalue weighted by Gasteiger charge is -2.37. The van der Waals surface area contributed by atoms with Gasteiger partial charge in [-0.15, -0.1) is 0 Å². The molecule has 1 atom stereocenters. The first kappa shape index (κ1) is 18.8. The van der Waals surface area contributed by atoms with E-state index in [1.54, 1.807) is 6.20 Å². The second kappa shape index (κ2) is 7.54. The molecule has 4 aromatic rings. The van der Waals surface area contributed by atoms with Crippen LogP contribution in [0.4, 0.5) is 0 Å². The lowest BCUT2D eigenvalue weighted by atomic mass is 10.0. The lowest BCUT2D eigenvalue weighted by molar-refractivity contribution is 0.125. The van der Waals surface area contributed by atoms with Gasteiger partial charge in [-0.3, -0.25) is 14.3 Å². The monoisotopic (exact) mass is 399 g/mol. The third kappa shape index (κ3) is 3.23. The highest BCUT2D eigenvalue weighted by atomic mass is 16.1. The molecule has 0 radical (unpaired) electrons. The fourth-order valence-corrected chi connectivity index (χ4v) is 4.31. The van der Waals surface area contributed by atoms with Gasteiger partial charge in [0.1, 0.15) is 11.2 Å². The highest BCUT2D eigenvalue weighted by Crippen LogP contribution is 2.30. The Kier molecular flexibility index (Phi) is 4.71. The number of fused-ring (bicyclic) bond motifs is 2. The minimum absolute atomic E-state index is 0.00203. The van der Waals surface area contributed by atoms with Crippen molar-refractivity contribution in [1.82, 2.24) is 24.2 Å². The molecule has 0 N–H and O–H groups in total. The van der Waals surface area contributed by atoms with E-state index in [1.165, 1.54) is 11.1 Å². The van der Waals surface area contributed by atoms with Crippen molar-refractivity contribution < 1.29 is 0 Å². The van der Waals surface area contributed by atoms with Gasteiger partial charge in [-0.25, -0.2) is 9.67 Å². The first-order valence-corrected chi connectivity index (χ1v) is 10.4. The van der Waals surface area contributed by atoms with Crippen LogP contribution in [0.3, 0.4) is 0 Å². The van der Waals surface area contributed by atoms with Crippen molar-refractivity contribution in [3.05, 3.63) is 94.2 Å². The second-order valence-electron chi connectivity index (χ2n) is 8.18. The zero-order valence-corrected chi connectivity index (χ0v) is 17.3. The predicted octanol–water partition coefficient (Wildman–Crippen LogP) is 3.93. The summed E-state index contributed by atoms with van der Waals surface area (Å²) in [5, 5.41) is 5.01. The summed E-state index contributed by atoms with van der Waals surface area (Å²) in [5.74, 6) is 0.804. The Balaban J connectivity index is 1.62. The molecule has 30 heavy (non-hydrogen) atoms. The summed E-state index contributed by atoms with van der Waals surface area (Å²) in [5.41, 5.74) is 3.15. The van der Waals surface area contributed by atoms with Gasteiger partial charge in [-0.1, -0.05) is 60.7 Å². The van der Waals surface area contributed by atoms with E-state index in [1.807, 2.05) is 21.4 Å². The van der Waals surface area contributed by atoms with Crippen LogP contribution in [-0.4, -0.2) is 24.2 Å². The summed E-state index contributed by atoms with van der Waals surface area (Å²) in [6.07, 6.45) is 1.66. The van der Waals surface area contributed by atoms with Crippen LogP contribution in [0.5, 0.6) is 0 Å². The van der Waals surface area contributed by atoms with Crippen LogP contribution in [0, 0.1) is 0 Å². The molecule has 0 spiro atoms.